The van der Waals surface area contributed by atoms with Crippen molar-refractivity contribution in [2.45, 2.75) is 25.4 Å². The molecule has 0 aromatic heterocycles. The molecule has 1 unspecified atom stereocenters. The van der Waals surface area contributed by atoms with Crippen LogP contribution in [0.2, 0.25) is 0 Å². The summed E-state index contributed by atoms with van der Waals surface area (Å²) in [5.41, 5.74) is 0. The van der Waals surface area contributed by atoms with Crippen molar-refractivity contribution in [2.75, 3.05) is 46.4 Å². The summed E-state index contributed by atoms with van der Waals surface area (Å²) in [6, 6.07) is 0. The minimum Gasteiger partial charge on any atom is -0.385 e. The van der Waals surface area contributed by atoms with Gasteiger partial charge in [-0.15, -0.1) is 0 Å². The number of halogens is 3. The molecule has 0 aromatic carbocycles. The Labute approximate surface area is 107 Å². The van der Waals surface area contributed by atoms with Crippen LogP contribution in [0.3, 0.4) is 0 Å². The van der Waals surface area contributed by atoms with E-state index < -0.39 is 12.1 Å². The Kier molecular flexibility index (Phi) is 6.96. The molecule has 3 nitrogen and oxygen atoms in total. The van der Waals surface area contributed by atoms with Gasteiger partial charge in [0.2, 0.25) is 0 Å². The lowest BCUT2D eigenvalue weighted by molar-refractivity contribution is -0.186. The average Bonchev–Trinajstić information content (AvgIpc) is 2.33. The zero-order chi connectivity index (χ0) is 13.4. The van der Waals surface area contributed by atoms with Crippen molar-refractivity contribution in [2.24, 2.45) is 5.92 Å². The number of likely N-dealkylation sites (tertiary alicyclic amines) is 1. The van der Waals surface area contributed by atoms with Gasteiger partial charge < -0.3 is 15.0 Å². The number of piperidine rings is 1. The monoisotopic (exact) mass is 268 g/mol. The van der Waals surface area contributed by atoms with E-state index in [0.29, 0.717) is 19.6 Å². The highest BCUT2D eigenvalue weighted by atomic mass is 19.4. The smallest absolute Gasteiger partial charge is 0.385 e. The van der Waals surface area contributed by atoms with Gasteiger partial charge in [0.15, 0.2) is 0 Å². The van der Waals surface area contributed by atoms with Crippen LogP contribution in [0.5, 0.6) is 0 Å². The van der Waals surface area contributed by atoms with Gasteiger partial charge in [0.25, 0.3) is 0 Å². The number of hydrogen-bond acceptors (Lipinski definition) is 3. The van der Waals surface area contributed by atoms with E-state index in [9.17, 15) is 13.2 Å². The molecule has 0 saturated carbocycles. The van der Waals surface area contributed by atoms with E-state index >= 15 is 0 Å². The molecule has 108 valence electrons. The Bertz CT molecular complexity index is 224. The first-order valence-electron chi connectivity index (χ1n) is 6.52. The standard InChI is InChI=1S/C12H23F3N2O/c1-18-9-3-5-16-6-8-17-7-2-4-11(10-17)12(13,14)15/h11,16H,2-10H2,1H3. The number of hydrogen-bond donors (Lipinski definition) is 1. The predicted molar refractivity (Wildman–Crippen MR) is 64.6 cm³/mol. The number of nitrogens with zero attached hydrogens (tertiary/aromatic N) is 1. The molecule has 0 bridgehead atoms. The van der Waals surface area contributed by atoms with Crippen LogP contribution in [0.15, 0.2) is 0 Å². The van der Waals surface area contributed by atoms with E-state index in [1.54, 1.807) is 7.11 Å². The first-order chi connectivity index (χ1) is 8.54. The van der Waals surface area contributed by atoms with Gasteiger partial charge in [-0.25, -0.2) is 0 Å². The molecule has 1 atom stereocenters. The molecule has 6 heteroatoms. The minimum atomic E-state index is -4.04. The fourth-order valence-electron chi connectivity index (χ4n) is 2.23. The summed E-state index contributed by atoms with van der Waals surface area (Å²) in [4.78, 5) is 1.91. The minimum absolute atomic E-state index is 0.156. The molecule has 1 fully saturated rings. The van der Waals surface area contributed by atoms with E-state index in [0.717, 1.165) is 26.1 Å². The third-order valence-electron chi connectivity index (χ3n) is 3.28. The molecular formula is C12H23F3N2O. The summed E-state index contributed by atoms with van der Waals surface area (Å²) in [5, 5.41) is 3.22. The zero-order valence-corrected chi connectivity index (χ0v) is 10.9. The molecule has 1 heterocycles. The topological polar surface area (TPSA) is 24.5 Å². The lowest BCUT2D eigenvalue weighted by Crippen LogP contribution is -2.44. The van der Waals surface area contributed by atoms with E-state index in [1.165, 1.54) is 0 Å². The summed E-state index contributed by atoms with van der Waals surface area (Å²) in [7, 11) is 1.66. The maximum Gasteiger partial charge on any atom is 0.393 e. The van der Waals surface area contributed by atoms with E-state index in [4.69, 9.17) is 4.74 Å². The van der Waals surface area contributed by atoms with Crippen LogP contribution in [0.25, 0.3) is 0 Å². The molecule has 0 aromatic rings. The molecular weight excluding hydrogens is 245 g/mol. The Morgan fingerprint density at radius 2 is 2.11 bits per heavy atom. The highest BCUT2D eigenvalue weighted by molar-refractivity contribution is 4.78. The molecule has 18 heavy (non-hydrogen) atoms. The van der Waals surface area contributed by atoms with Crippen molar-refractivity contribution in [1.82, 2.24) is 10.2 Å². The molecule has 1 aliphatic heterocycles. The second kappa shape index (κ2) is 7.96. The van der Waals surface area contributed by atoms with Gasteiger partial charge in [-0.2, -0.15) is 13.2 Å². The van der Waals surface area contributed by atoms with Crippen LogP contribution >= 0.6 is 0 Å². The summed E-state index contributed by atoms with van der Waals surface area (Å²) >= 11 is 0. The Morgan fingerprint density at radius 3 is 2.78 bits per heavy atom. The van der Waals surface area contributed by atoms with Crippen LogP contribution in [0.1, 0.15) is 19.3 Å². The van der Waals surface area contributed by atoms with E-state index in [-0.39, 0.29) is 13.0 Å². The maximum absolute atomic E-state index is 12.6. The van der Waals surface area contributed by atoms with Crippen molar-refractivity contribution in [3.8, 4) is 0 Å². The average molecular weight is 268 g/mol. The number of methoxy groups -OCH3 is 1. The van der Waals surface area contributed by atoms with Gasteiger partial charge in [0, 0.05) is 33.4 Å². The predicted octanol–water partition coefficient (Wildman–Crippen LogP) is 1.89. The van der Waals surface area contributed by atoms with E-state index in [1.807, 2.05) is 4.90 Å². The molecule has 0 spiro atoms. The zero-order valence-electron chi connectivity index (χ0n) is 10.9. The van der Waals surface area contributed by atoms with Gasteiger partial charge in [0.05, 0.1) is 5.92 Å². The van der Waals surface area contributed by atoms with Gasteiger partial charge >= 0.3 is 6.18 Å². The Hall–Kier alpha value is -0.330. The summed E-state index contributed by atoms with van der Waals surface area (Å²) in [6.45, 7) is 3.95. The summed E-state index contributed by atoms with van der Waals surface area (Å²) < 4.78 is 42.7. The third kappa shape index (κ3) is 6.02. The SMILES string of the molecule is COCCCNCCN1CCCC(C(F)(F)F)C1. The Morgan fingerprint density at radius 1 is 1.33 bits per heavy atom. The van der Waals surface area contributed by atoms with Crippen LogP contribution in [0.4, 0.5) is 13.2 Å². The number of ether oxygens (including phenoxy) is 1. The highest BCUT2D eigenvalue weighted by Crippen LogP contribution is 2.32. The molecule has 0 aliphatic carbocycles. The lowest BCUT2D eigenvalue weighted by atomic mass is 9.97. The van der Waals surface area contributed by atoms with Gasteiger partial charge in [-0.3, -0.25) is 0 Å². The van der Waals surface area contributed by atoms with Gasteiger partial charge in [-0.05, 0) is 32.4 Å². The quantitative estimate of drug-likeness (QED) is 0.714. The third-order valence-corrected chi connectivity index (χ3v) is 3.28. The second-order valence-electron chi connectivity index (χ2n) is 4.78. The fraction of sp³-hybridized carbons (Fsp3) is 1.00. The molecule has 1 saturated heterocycles. The lowest BCUT2D eigenvalue weighted by Gasteiger charge is -2.33. The van der Waals surface area contributed by atoms with Gasteiger partial charge in [-0.1, -0.05) is 0 Å². The highest BCUT2D eigenvalue weighted by Gasteiger charge is 2.41. The van der Waals surface area contributed by atoms with Crippen LogP contribution < -0.4 is 5.32 Å². The Balaban J connectivity index is 2.11. The van der Waals surface area contributed by atoms with Gasteiger partial charge in [0.1, 0.15) is 0 Å². The normalized spacial score (nSPS) is 22.3. The molecule has 0 amide bonds. The fourth-order valence-corrected chi connectivity index (χ4v) is 2.23. The maximum atomic E-state index is 12.6. The van der Waals surface area contributed by atoms with Crippen molar-refractivity contribution in [1.29, 1.82) is 0 Å². The first kappa shape index (κ1) is 15.7. The molecule has 1 rings (SSSR count). The van der Waals surface area contributed by atoms with Crippen molar-refractivity contribution in [3.63, 3.8) is 0 Å². The largest absolute Gasteiger partial charge is 0.393 e. The molecule has 1 aliphatic rings. The second-order valence-corrected chi connectivity index (χ2v) is 4.78. The number of rotatable bonds is 7. The number of alkyl halides is 3. The summed E-state index contributed by atoms with van der Waals surface area (Å²) in [5.74, 6) is -1.14. The van der Waals surface area contributed by atoms with Crippen molar-refractivity contribution in [3.05, 3.63) is 0 Å². The van der Waals surface area contributed by atoms with Crippen LogP contribution in [0, 0.1) is 5.92 Å². The number of nitrogens with one attached hydrogen (secondary N) is 1. The van der Waals surface area contributed by atoms with Crippen molar-refractivity contribution >= 4 is 0 Å². The molecule has 1 N–H and O–H groups in total. The van der Waals surface area contributed by atoms with E-state index in [2.05, 4.69) is 5.32 Å². The summed E-state index contributed by atoms with van der Waals surface area (Å²) in [6.07, 6.45) is -2.18. The van der Waals surface area contributed by atoms with Crippen molar-refractivity contribution < 1.29 is 17.9 Å². The van der Waals surface area contributed by atoms with Crippen LogP contribution in [-0.2, 0) is 4.74 Å². The molecule has 0 radical (unpaired) electrons. The van der Waals surface area contributed by atoms with Crippen LogP contribution in [-0.4, -0.2) is 57.5 Å². The first-order valence-corrected chi connectivity index (χ1v) is 6.52.